The van der Waals surface area contributed by atoms with Crippen molar-refractivity contribution in [1.82, 2.24) is 5.43 Å². The van der Waals surface area contributed by atoms with Crippen LogP contribution in [0.25, 0.3) is 10.8 Å². The van der Waals surface area contributed by atoms with Crippen LogP contribution >= 0.6 is 0 Å². The van der Waals surface area contributed by atoms with Gasteiger partial charge in [0.25, 0.3) is 5.91 Å². The maximum Gasteiger partial charge on any atom is 0.259 e. The normalized spacial score (nSPS) is 10.8. The fraction of sp³-hybridized carbons (Fsp3) is 0.100. The van der Waals surface area contributed by atoms with Gasteiger partial charge in [-0.15, -0.1) is 0 Å². The minimum Gasteiger partial charge on any atom is -0.497 e. The molecule has 3 rings (SSSR count). The monoisotopic (exact) mass is 333 g/mol. The highest BCUT2D eigenvalue weighted by Gasteiger charge is 2.03. The molecule has 0 atom stereocenters. The topological polar surface area (TPSA) is 62.7 Å². The summed E-state index contributed by atoms with van der Waals surface area (Å²) in [6.45, 7) is 0.142. The summed E-state index contributed by atoms with van der Waals surface area (Å²) in [7, 11) is 1.61. The van der Waals surface area contributed by atoms with E-state index in [0.717, 1.165) is 27.8 Å². The number of ether oxygens (including phenoxy) is 1. The Hall–Kier alpha value is -3.34. The highest BCUT2D eigenvalue weighted by molar-refractivity contribution is 5.95. The van der Waals surface area contributed by atoms with Crippen molar-refractivity contribution in [3.05, 3.63) is 72.3 Å². The zero-order valence-electron chi connectivity index (χ0n) is 13.9. The van der Waals surface area contributed by atoms with Gasteiger partial charge in [0.1, 0.15) is 5.75 Å². The Morgan fingerprint density at radius 1 is 1.08 bits per heavy atom. The zero-order valence-corrected chi connectivity index (χ0v) is 13.9. The molecule has 5 nitrogen and oxygen atoms in total. The summed E-state index contributed by atoms with van der Waals surface area (Å²) in [5, 5.41) is 9.33. The standard InChI is InChI=1S/C20H19N3O2/c1-25-17-9-4-6-15(12-17)13-22-23-20(24)14-21-19-11-5-8-16-7-2-3-10-18(16)19/h2-13,21H,14H2,1H3,(H,23,24)/b22-13-. The molecule has 0 saturated carbocycles. The number of carbonyl (C=O) groups excluding carboxylic acids is 1. The fourth-order valence-corrected chi connectivity index (χ4v) is 2.50. The summed E-state index contributed by atoms with van der Waals surface area (Å²) in [6.07, 6.45) is 1.58. The fourth-order valence-electron chi connectivity index (χ4n) is 2.50. The smallest absolute Gasteiger partial charge is 0.259 e. The van der Waals surface area contributed by atoms with E-state index in [1.807, 2.05) is 66.7 Å². The van der Waals surface area contributed by atoms with E-state index in [1.54, 1.807) is 13.3 Å². The van der Waals surface area contributed by atoms with Gasteiger partial charge in [0.15, 0.2) is 0 Å². The van der Waals surface area contributed by atoms with Crippen molar-refractivity contribution in [1.29, 1.82) is 0 Å². The van der Waals surface area contributed by atoms with Crippen LogP contribution in [0.1, 0.15) is 5.56 Å². The first-order chi connectivity index (χ1) is 12.3. The predicted molar refractivity (Wildman–Crippen MR) is 101 cm³/mol. The molecule has 0 saturated heterocycles. The number of carbonyl (C=O) groups is 1. The third kappa shape index (κ3) is 4.35. The molecule has 3 aromatic carbocycles. The number of rotatable bonds is 6. The summed E-state index contributed by atoms with van der Waals surface area (Å²) < 4.78 is 5.15. The molecule has 0 bridgehead atoms. The molecule has 0 spiro atoms. The number of fused-ring (bicyclic) bond motifs is 1. The van der Waals surface area contributed by atoms with E-state index in [0.29, 0.717) is 0 Å². The first-order valence-electron chi connectivity index (χ1n) is 7.94. The first kappa shape index (κ1) is 16.5. The number of hydrogen-bond donors (Lipinski definition) is 2. The molecule has 3 aromatic rings. The van der Waals surface area contributed by atoms with Gasteiger partial charge in [-0.1, -0.05) is 48.5 Å². The van der Waals surface area contributed by atoms with E-state index in [9.17, 15) is 4.79 Å². The van der Waals surface area contributed by atoms with Crippen LogP contribution in [0.5, 0.6) is 5.75 Å². The number of nitrogens with one attached hydrogen (secondary N) is 2. The summed E-state index contributed by atoms with van der Waals surface area (Å²) in [4.78, 5) is 12.0. The lowest BCUT2D eigenvalue weighted by atomic mass is 10.1. The van der Waals surface area contributed by atoms with Crippen molar-refractivity contribution >= 4 is 28.6 Å². The molecule has 1 amide bonds. The SMILES string of the molecule is COc1cccc(/C=N\NC(=O)CNc2cccc3ccccc23)c1. The quantitative estimate of drug-likeness (QED) is 0.537. The second kappa shape index (κ2) is 7.97. The van der Waals surface area contributed by atoms with Crippen molar-refractivity contribution in [2.45, 2.75) is 0 Å². The van der Waals surface area contributed by atoms with Gasteiger partial charge in [0.2, 0.25) is 0 Å². The predicted octanol–water partition coefficient (Wildman–Crippen LogP) is 3.41. The summed E-state index contributed by atoms with van der Waals surface area (Å²) in [5.74, 6) is 0.528. The molecule has 126 valence electrons. The number of amides is 1. The molecule has 2 N–H and O–H groups in total. The third-order valence-electron chi connectivity index (χ3n) is 3.73. The van der Waals surface area contributed by atoms with Crippen LogP contribution in [0.3, 0.4) is 0 Å². The van der Waals surface area contributed by atoms with Crippen molar-refractivity contribution in [3.63, 3.8) is 0 Å². The summed E-state index contributed by atoms with van der Waals surface area (Å²) in [5.41, 5.74) is 4.28. The van der Waals surface area contributed by atoms with Gasteiger partial charge < -0.3 is 10.1 Å². The van der Waals surface area contributed by atoms with E-state index >= 15 is 0 Å². The highest BCUT2D eigenvalue weighted by Crippen LogP contribution is 2.22. The maximum absolute atomic E-state index is 12.0. The molecular weight excluding hydrogens is 314 g/mol. The Morgan fingerprint density at radius 2 is 1.88 bits per heavy atom. The van der Waals surface area contributed by atoms with Gasteiger partial charge in [-0.05, 0) is 29.1 Å². The number of benzene rings is 3. The van der Waals surface area contributed by atoms with Crippen LogP contribution in [0.2, 0.25) is 0 Å². The minimum atomic E-state index is -0.216. The van der Waals surface area contributed by atoms with Gasteiger partial charge in [-0.3, -0.25) is 4.79 Å². The average Bonchev–Trinajstić information content (AvgIpc) is 2.66. The Labute approximate surface area is 146 Å². The van der Waals surface area contributed by atoms with Crippen LogP contribution in [0.4, 0.5) is 5.69 Å². The molecule has 0 aromatic heterocycles. The largest absolute Gasteiger partial charge is 0.497 e. The average molecular weight is 333 g/mol. The molecule has 0 radical (unpaired) electrons. The molecule has 0 aliphatic carbocycles. The van der Waals surface area contributed by atoms with E-state index in [2.05, 4.69) is 15.8 Å². The number of anilines is 1. The van der Waals surface area contributed by atoms with Crippen molar-refractivity contribution < 1.29 is 9.53 Å². The van der Waals surface area contributed by atoms with E-state index in [-0.39, 0.29) is 12.5 Å². The minimum absolute atomic E-state index is 0.142. The molecule has 0 fully saturated rings. The lowest BCUT2D eigenvalue weighted by molar-refractivity contribution is -0.119. The summed E-state index contributed by atoms with van der Waals surface area (Å²) in [6, 6.07) is 21.4. The van der Waals surface area contributed by atoms with Crippen LogP contribution in [0, 0.1) is 0 Å². The van der Waals surface area contributed by atoms with Gasteiger partial charge in [0.05, 0.1) is 19.9 Å². The van der Waals surface area contributed by atoms with Crippen LogP contribution < -0.4 is 15.5 Å². The van der Waals surface area contributed by atoms with Gasteiger partial charge in [-0.2, -0.15) is 5.10 Å². The molecule has 0 aliphatic heterocycles. The van der Waals surface area contributed by atoms with Gasteiger partial charge >= 0.3 is 0 Å². The number of nitrogens with zero attached hydrogens (tertiary/aromatic N) is 1. The lowest BCUT2D eigenvalue weighted by Crippen LogP contribution is -2.25. The van der Waals surface area contributed by atoms with Crippen LogP contribution in [0.15, 0.2) is 71.8 Å². The van der Waals surface area contributed by atoms with Gasteiger partial charge in [0, 0.05) is 11.1 Å². The Balaban J connectivity index is 1.56. The van der Waals surface area contributed by atoms with Crippen LogP contribution in [-0.2, 0) is 4.79 Å². The lowest BCUT2D eigenvalue weighted by Gasteiger charge is -2.08. The second-order valence-electron chi connectivity index (χ2n) is 5.45. The maximum atomic E-state index is 12.0. The number of hydrazone groups is 1. The molecule has 5 heteroatoms. The van der Waals surface area contributed by atoms with Gasteiger partial charge in [-0.25, -0.2) is 5.43 Å². The molecule has 0 unspecified atom stereocenters. The van der Waals surface area contributed by atoms with Crippen molar-refractivity contribution in [2.75, 3.05) is 19.0 Å². The Bertz CT molecular complexity index is 901. The van der Waals surface area contributed by atoms with E-state index in [4.69, 9.17) is 4.74 Å². The summed E-state index contributed by atoms with van der Waals surface area (Å²) >= 11 is 0. The molecule has 25 heavy (non-hydrogen) atoms. The third-order valence-corrected chi connectivity index (χ3v) is 3.73. The highest BCUT2D eigenvalue weighted by atomic mass is 16.5. The van der Waals surface area contributed by atoms with E-state index < -0.39 is 0 Å². The van der Waals surface area contributed by atoms with E-state index in [1.165, 1.54) is 0 Å². The first-order valence-corrected chi connectivity index (χ1v) is 7.94. The Morgan fingerprint density at radius 3 is 2.76 bits per heavy atom. The zero-order chi connectivity index (χ0) is 17.5. The molecular formula is C20H19N3O2. The molecule has 0 aliphatic rings. The number of hydrogen-bond acceptors (Lipinski definition) is 4. The van der Waals surface area contributed by atoms with Crippen molar-refractivity contribution in [2.24, 2.45) is 5.10 Å². The van der Waals surface area contributed by atoms with Crippen LogP contribution in [-0.4, -0.2) is 25.8 Å². The number of methoxy groups -OCH3 is 1. The molecule has 0 heterocycles. The Kier molecular flexibility index (Phi) is 5.26. The second-order valence-corrected chi connectivity index (χ2v) is 5.45. The van der Waals surface area contributed by atoms with Crippen molar-refractivity contribution in [3.8, 4) is 5.75 Å².